The van der Waals surface area contributed by atoms with E-state index in [4.69, 9.17) is 5.73 Å². The topological polar surface area (TPSA) is 88.0 Å². The molecular weight excluding hydrogens is 290 g/mol. The van der Waals surface area contributed by atoms with Crippen LogP contribution in [0.4, 0.5) is 0 Å². The maximum Gasteiger partial charge on any atom is 0.250 e. The van der Waals surface area contributed by atoms with E-state index in [0.29, 0.717) is 11.5 Å². The van der Waals surface area contributed by atoms with Gasteiger partial charge < -0.3 is 16.0 Å². The van der Waals surface area contributed by atoms with Crippen LogP contribution in [0.1, 0.15) is 47.5 Å². The Bertz CT molecular complexity index is 763. The van der Waals surface area contributed by atoms with Crippen molar-refractivity contribution in [1.29, 1.82) is 0 Å². The van der Waals surface area contributed by atoms with Gasteiger partial charge in [0.15, 0.2) is 0 Å². The molecule has 0 bridgehead atoms. The lowest BCUT2D eigenvalue weighted by atomic mass is 9.80. The molecule has 0 aliphatic heterocycles. The fourth-order valence-electron chi connectivity index (χ4n) is 3.60. The molecule has 5 nitrogen and oxygen atoms in total. The van der Waals surface area contributed by atoms with Gasteiger partial charge in [-0.05, 0) is 49.0 Å². The number of nitrogens with one attached hydrogen (secondary N) is 2. The highest BCUT2D eigenvalue weighted by Crippen LogP contribution is 2.37. The predicted octanol–water partition coefficient (Wildman–Crippen LogP) is 2.60. The number of aromatic nitrogens is 1. The van der Waals surface area contributed by atoms with E-state index < -0.39 is 5.91 Å². The number of carbonyl (C=O) groups is 2. The monoisotopic (exact) mass is 311 g/mol. The van der Waals surface area contributed by atoms with Gasteiger partial charge in [0.05, 0.1) is 11.1 Å². The summed E-state index contributed by atoms with van der Waals surface area (Å²) in [6.07, 6.45) is 7.18. The van der Waals surface area contributed by atoms with E-state index in [1.54, 1.807) is 6.07 Å². The van der Waals surface area contributed by atoms with Crippen LogP contribution >= 0.6 is 0 Å². The van der Waals surface area contributed by atoms with Crippen molar-refractivity contribution in [2.75, 3.05) is 0 Å². The molecule has 0 radical (unpaired) electrons. The lowest BCUT2D eigenvalue weighted by Crippen LogP contribution is -2.37. The first-order chi connectivity index (χ1) is 11.1. The fraction of sp³-hybridized carbons (Fsp3) is 0.333. The largest absolute Gasteiger partial charge is 0.366 e. The Kier molecular flexibility index (Phi) is 4.19. The number of benzene rings is 1. The average molecular weight is 311 g/mol. The Hall–Kier alpha value is -2.56. The number of nitrogens with two attached hydrogens (primary N) is 1. The number of hydrogen-bond acceptors (Lipinski definition) is 2. The minimum atomic E-state index is -0.427. The van der Waals surface area contributed by atoms with Gasteiger partial charge in [0.1, 0.15) is 0 Å². The van der Waals surface area contributed by atoms with Crippen LogP contribution in [-0.2, 0) is 4.79 Å². The summed E-state index contributed by atoms with van der Waals surface area (Å²) >= 11 is 0. The zero-order valence-corrected chi connectivity index (χ0v) is 13.0. The number of aromatic amines is 1. The standard InChI is InChI=1S/C18H21N3O2/c1-2-16(22)21-12-5-3-4-11(10-12)13-6-7-15(18(19)23)17-14(13)8-9-20-17/h2,6-9,11-12,20H,1,3-5,10H2,(H2,19,23)(H,21,22). The third-order valence-corrected chi connectivity index (χ3v) is 4.67. The van der Waals surface area contributed by atoms with Crippen LogP contribution in [0.15, 0.2) is 37.1 Å². The van der Waals surface area contributed by atoms with Crippen LogP contribution in [0.2, 0.25) is 0 Å². The molecule has 1 heterocycles. The summed E-state index contributed by atoms with van der Waals surface area (Å²) in [6, 6.07) is 5.95. The summed E-state index contributed by atoms with van der Waals surface area (Å²) in [5.41, 5.74) is 7.97. The van der Waals surface area contributed by atoms with Crippen LogP contribution in [0, 0.1) is 0 Å². The van der Waals surface area contributed by atoms with Crippen molar-refractivity contribution in [3.05, 3.63) is 48.2 Å². The number of hydrogen-bond donors (Lipinski definition) is 3. The Labute approximate surface area is 134 Å². The van der Waals surface area contributed by atoms with Crippen molar-refractivity contribution < 1.29 is 9.59 Å². The van der Waals surface area contributed by atoms with Crippen molar-refractivity contribution in [2.45, 2.75) is 37.6 Å². The SMILES string of the molecule is C=CC(=O)NC1CCCC(c2ccc(C(N)=O)c3[nH]ccc23)C1. The summed E-state index contributed by atoms with van der Waals surface area (Å²) < 4.78 is 0. The minimum absolute atomic E-state index is 0.119. The second-order valence-corrected chi connectivity index (χ2v) is 6.11. The summed E-state index contributed by atoms with van der Waals surface area (Å²) in [6.45, 7) is 3.50. The third-order valence-electron chi connectivity index (χ3n) is 4.67. The van der Waals surface area contributed by atoms with E-state index in [1.165, 1.54) is 11.6 Å². The highest BCUT2D eigenvalue weighted by atomic mass is 16.1. The van der Waals surface area contributed by atoms with Gasteiger partial charge in [-0.3, -0.25) is 9.59 Å². The normalized spacial score (nSPS) is 21.0. The van der Waals surface area contributed by atoms with Crippen LogP contribution in [0.3, 0.4) is 0 Å². The molecule has 2 aromatic rings. The first kappa shape index (κ1) is 15.3. The third kappa shape index (κ3) is 2.99. The van der Waals surface area contributed by atoms with Crippen LogP contribution < -0.4 is 11.1 Å². The number of amides is 2. The van der Waals surface area contributed by atoms with Gasteiger partial charge in [0.25, 0.3) is 5.91 Å². The Balaban J connectivity index is 1.89. The van der Waals surface area contributed by atoms with E-state index >= 15 is 0 Å². The maximum atomic E-state index is 11.6. The minimum Gasteiger partial charge on any atom is -0.366 e. The molecule has 1 fully saturated rings. The van der Waals surface area contributed by atoms with Gasteiger partial charge in [-0.2, -0.15) is 0 Å². The summed E-state index contributed by atoms with van der Waals surface area (Å²) in [5.74, 6) is -0.186. The molecule has 23 heavy (non-hydrogen) atoms. The molecule has 2 atom stereocenters. The first-order valence-electron chi connectivity index (χ1n) is 7.93. The molecule has 4 N–H and O–H groups in total. The zero-order chi connectivity index (χ0) is 16.4. The first-order valence-corrected chi connectivity index (χ1v) is 7.93. The smallest absolute Gasteiger partial charge is 0.250 e. The second-order valence-electron chi connectivity index (χ2n) is 6.11. The lowest BCUT2D eigenvalue weighted by molar-refractivity contribution is -0.117. The molecule has 0 spiro atoms. The number of carbonyl (C=O) groups excluding carboxylic acids is 2. The van der Waals surface area contributed by atoms with Crippen molar-refractivity contribution in [3.8, 4) is 0 Å². The molecule has 1 aromatic carbocycles. The molecular formula is C18H21N3O2. The Morgan fingerprint density at radius 2 is 2.13 bits per heavy atom. The van der Waals surface area contributed by atoms with E-state index in [1.807, 2.05) is 18.3 Å². The molecule has 2 unspecified atom stereocenters. The number of fused-ring (bicyclic) bond motifs is 1. The average Bonchev–Trinajstić information content (AvgIpc) is 3.03. The number of H-pyrrole nitrogens is 1. The van der Waals surface area contributed by atoms with Gasteiger partial charge in [-0.15, -0.1) is 0 Å². The fourth-order valence-corrected chi connectivity index (χ4v) is 3.60. The highest BCUT2D eigenvalue weighted by Gasteiger charge is 2.26. The van der Waals surface area contributed by atoms with Gasteiger partial charge >= 0.3 is 0 Å². The maximum absolute atomic E-state index is 11.6. The Morgan fingerprint density at radius 3 is 2.87 bits per heavy atom. The van der Waals surface area contributed by atoms with E-state index in [0.717, 1.165) is 36.6 Å². The van der Waals surface area contributed by atoms with E-state index in [9.17, 15) is 9.59 Å². The molecule has 1 aromatic heterocycles. The molecule has 2 amide bonds. The van der Waals surface area contributed by atoms with Gasteiger partial charge in [0, 0.05) is 17.6 Å². The molecule has 0 saturated heterocycles. The molecule has 5 heteroatoms. The quantitative estimate of drug-likeness (QED) is 0.758. The second kappa shape index (κ2) is 6.28. The molecule has 1 aliphatic rings. The van der Waals surface area contributed by atoms with Crippen molar-refractivity contribution in [1.82, 2.24) is 10.3 Å². The summed E-state index contributed by atoms with van der Waals surface area (Å²) in [4.78, 5) is 26.2. The summed E-state index contributed by atoms with van der Waals surface area (Å²) in [7, 11) is 0. The zero-order valence-electron chi connectivity index (χ0n) is 13.0. The number of primary amides is 1. The van der Waals surface area contributed by atoms with Gasteiger partial charge in [-0.1, -0.05) is 19.1 Å². The molecule has 1 aliphatic carbocycles. The van der Waals surface area contributed by atoms with Crippen molar-refractivity contribution >= 4 is 22.7 Å². The van der Waals surface area contributed by atoms with Crippen molar-refractivity contribution in [3.63, 3.8) is 0 Å². The number of rotatable bonds is 4. The van der Waals surface area contributed by atoms with E-state index in [2.05, 4.69) is 16.9 Å². The molecule has 120 valence electrons. The van der Waals surface area contributed by atoms with Gasteiger partial charge in [-0.25, -0.2) is 0 Å². The van der Waals surface area contributed by atoms with Crippen molar-refractivity contribution in [2.24, 2.45) is 5.73 Å². The van der Waals surface area contributed by atoms with E-state index in [-0.39, 0.29) is 11.9 Å². The summed E-state index contributed by atoms with van der Waals surface area (Å²) in [5, 5.41) is 4.04. The molecule has 1 saturated carbocycles. The van der Waals surface area contributed by atoms with Crippen LogP contribution in [0.5, 0.6) is 0 Å². The predicted molar refractivity (Wildman–Crippen MR) is 90.2 cm³/mol. The van der Waals surface area contributed by atoms with Gasteiger partial charge in [0.2, 0.25) is 5.91 Å². The van der Waals surface area contributed by atoms with Crippen LogP contribution in [0.25, 0.3) is 10.9 Å². The highest BCUT2D eigenvalue weighted by molar-refractivity contribution is 6.05. The molecule has 3 rings (SSSR count). The lowest BCUT2D eigenvalue weighted by Gasteiger charge is -2.30. The Morgan fingerprint density at radius 1 is 1.30 bits per heavy atom. The van der Waals surface area contributed by atoms with Crippen LogP contribution in [-0.4, -0.2) is 22.8 Å².